The smallest absolute Gasteiger partial charge is 0.00976 e. The fraction of sp³-hybridized carbons (Fsp3) is 1.00. The highest BCUT2D eigenvalue weighted by molar-refractivity contribution is 4.77. The number of hydrogen-bond donors (Lipinski definition) is 1. The van der Waals surface area contributed by atoms with Crippen LogP contribution in [0.2, 0.25) is 0 Å². The molecule has 0 amide bonds. The fourth-order valence-corrected chi connectivity index (χ4v) is 2.90. The molecule has 2 unspecified atom stereocenters. The molecule has 0 aliphatic rings. The van der Waals surface area contributed by atoms with Crippen LogP contribution in [0.4, 0.5) is 0 Å². The molecule has 1 heteroatoms. The van der Waals surface area contributed by atoms with Crippen molar-refractivity contribution in [1.29, 1.82) is 0 Å². The Hall–Kier alpha value is -0.0400. The first kappa shape index (κ1) is 17.0. The molecule has 0 spiro atoms. The van der Waals surface area contributed by atoms with E-state index >= 15 is 0 Å². The van der Waals surface area contributed by atoms with E-state index in [1.807, 2.05) is 0 Å². The molecule has 0 saturated carbocycles. The van der Waals surface area contributed by atoms with Gasteiger partial charge in [0.25, 0.3) is 0 Å². The molecule has 104 valence electrons. The Morgan fingerprint density at radius 3 is 1.94 bits per heavy atom. The van der Waals surface area contributed by atoms with Gasteiger partial charge in [-0.1, -0.05) is 73.1 Å². The lowest BCUT2D eigenvalue weighted by Crippen LogP contribution is -2.37. The third kappa shape index (κ3) is 7.08. The molecule has 0 bridgehead atoms. The van der Waals surface area contributed by atoms with Crippen molar-refractivity contribution in [2.75, 3.05) is 6.54 Å². The summed E-state index contributed by atoms with van der Waals surface area (Å²) in [6.45, 7) is 12.7. The lowest BCUT2D eigenvalue weighted by Gasteiger charge is -2.29. The first-order valence-electron chi connectivity index (χ1n) is 7.96. The van der Waals surface area contributed by atoms with Crippen molar-refractivity contribution in [2.24, 2.45) is 11.8 Å². The Morgan fingerprint density at radius 2 is 1.53 bits per heavy atom. The highest BCUT2D eigenvalue weighted by Gasteiger charge is 2.20. The van der Waals surface area contributed by atoms with E-state index in [2.05, 4.69) is 39.9 Å². The Morgan fingerprint density at radius 1 is 0.882 bits per heavy atom. The highest BCUT2D eigenvalue weighted by Crippen LogP contribution is 2.24. The van der Waals surface area contributed by atoms with Gasteiger partial charge in [-0.3, -0.25) is 0 Å². The third-order valence-electron chi connectivity index (χ3n) is 4.21. The van der Waals surface area contributed by atoms with Crippen molar-refractivity contribution < 1.29 is 0 Å². The molecular formula is C16H35N. The van der Waals surface area contributed by atoms with Gasteiger partial charge >= 0.3 is 0 Å². The van der Waals surface area contributed by atoms with Gasteiger partial charge in [-0.2, -0.15) is 0 Å². The maximum absolute atomic E-state index is 3.73. The predicted molar refractivity (Wildman–Crippen MR) is 79.5 cm³/mol. The van der Waals surface area contributed by atoms with Crippen molar-refractivity contribution >= 4 is 0 Å². The monoisotopic (exact) mass is 241 g/mol. The van der Waals surface area contributed by atoms with Gasteiger partial charge in [0.2, 0.25) is 0 Å². The SMILES string of the molecule is CCCCC(CC)CC(NCC)C(CC)CC. The van der Waals surface area contributed by atoms with Gasteiger partial charge < -0.3 is 5.32 Å². The number of nitrogens with one attached hydrogen (secondary N) is 1. The summed E-state index contributed by atoms with van der Waals surface area (Å²) in [4.78, 5) is 0. The summed E-state index contributed by atoms with van der Waals surface area (Å²) < 4.78 is 0. The van der Waals surface area contributed by atoms with Crippen LogP contribution in [0.1, 0.15) is 79.6 Å². The molecule has 0 aromatic carbocycles. The van der Waals surface area contributed by atoms with Crippen molar-refractivity contribution in [2.45, 2.75) is 85.6 Å². The van der Waals surface area contributed by atoms with Gasteiger partial charge in [0, 0.05) is 6.04 Å². The van der Waals surface area contributed by atoms with E-state index < -0.39 is 0 Å². The third-order valence-corrected chi connectivity index (χ3v) is 4.21. The molecule has 0 fully saturated rings. The molecule has 0 rings (SSSR count). The van der Waals surface area contributed by atoms with E-state index in [1.54, 1.807) is 0 Å². The molecule has 0 saturated heterocycles. The average molecular weight is 241 g/mol. The zero-order chi connectivity index (χ0) is 13.1. The van der Waals surface area contributed by atoms with Crippen molar-refractivity contribution in [3.63, 3.8) is 0 Å². The van der Waals surface area contributed by atoms with Gasteiger partial charge in [0.05, 0.1) is 0 Å². The molecule has 0 aliphatic heterocycles. The van der Waals surface area contributed by atoms with Crippen molar-refractivity contribution in [1.82, 2.24) is 5.32 Å². The predicted octanol–water partition coefficient (Wildman–Crippen LogP) is 5.01. The normalized spacial score (nSPS) is 15.2. The fourth-order valence-electron chi connectivity index (χ4n) is 2.90. The van der Waals surface area contributed by atoms with Crippen LogP contribution in [0.5, 0.6) is 0 Å². The van der Waals surface area contributed by atoms with Crippen LogP contribution in [0.25, 0.3) is 0 Å². The van der Waals surface area contributed by atoms with Gasteiger partial charge in [-0.15, -0.1) is 0 Å². The molecule has 0 aliphatic carbocycles. The van der Waals surface area contributed by atoms with E-state index in [0.29, 0.717) is 0 Å². The van der Waals surface area contributed by atoms with Crippen LogP contribution < -0.4 is 5.32 Å². The Bertz CT molecular complexity index is 152. The molecule has 2 atom stereocenters. The van der Waals surface area contributed by atoms with E-state index in [0.717, 1.165) is 24.4 Å². The van der Waals surface area contributed by atoms with Gasteiger partial charge in [-0.05, 0) is 24.8 Å². The molecule has 0 aromatic heterocycles. The second-order valence-corrected chi connectivity index (χ2v) is 5.39. The second-order valence-electron chi connectivity index (χ2n) is 5.39. The van der Waals surface area contributed by atoms with Crippen LogP contribution in [0.3, 0.4) is 0 Å². The van der Waals surface area contributed by atoms with Crippen LogP contribution in [0.15, 0.2) is 0 Å². The van der Waals surface area contributed by atoms with Gasteiger partial charge in [-0.25, -0.2) is 0 Å². The summed E-state index contributed by atoms with van der Waals surface area (Å²) in [6.07, 6.45) is 9.54. The highest BCUT2D eigenvalue weighted by atomic mass is 14.9. The van der Waals surface area contributed by atoms with Crippen molar-refractivity contribution in [3.8, 4) is 0 Å². The van der Waals surface area contributed by atoms with E-state index in [4.69, 9.17) is 0 Å². The maximum Gasteiger partial charge on any atom is 0.00976 e. The lowest BCUT2D eigenvalue weighted by molar-refractivity contribution is 0.267. The minimum absolute atomic E-state index is 0.747. The average Bonchev–Trinajstić information content (AvgIpc) is 2.35. The van der Waals surface area contributed by atoms with Crippen LogP contribution >= 0.6 is 0 Å². The van der Waals surface area contributed by atoms with Crippen LogP contribution in [-0.2, 0) is 0 Å². The minimum atomic E-state index is 0.747. The molecule has 1 N–H and O–H groups in total. The summed E-state index contributed by atoms with van der Waals surface area (Å²) >= 11 is 0. The number of unbranched alkanes of at least 4 members (excludes halogenated alkanes) is 1. The quantitative estimate of drug-likeness (QED) is 0.536. The maximum atomic E-state index is 3.73. The molecular weight excluding hydrogens is 206 g/mol. The summed E-state index contributed by atoms with van der Waals surface area (Å²) in [6, 6.07) is 0.747. The first-order chi connectivity index (χ1) is 8.23. The van der Waals surface area contributed by atoms with E-state index in [-0.39, 0.29) is 0 Å². The number of hydrogen-bond acceptors (Lipinski definition) is 1. The van der Waals surface area contributed by atoms with Gasteiger partial charge in [0.1, 0.15) is 0 Å². The molecule has 0 aromatic rings. The summed E-state index contributed by atoms with van der Waals surface area (Å²) in [5.41, 5.74) is 0. The molecule has 0 radical (unpaired) electrons. The van der Waals surface area contributed by atoms with Crippen LogP contribution in [0, 0.1) is 11.8 Å². The molecule has 0 heterocycles. The Labute approximate surface area is 110 Å². The summed E-state index contributed by atoms with van der Waals surface area (Å²) in [5.74, 6) is 1.80. The first-order valence-corrected chi connectivity index (χ1v) is 7.96. The second kappa shape index (κ2) is 11.1. The summed E-state index contributed by atoms with van der Waals surface area (Å²) in [5, 5.41) is 3.73. The lowest BCUT2D eigenvalue weighted by atomic mass is 9.84. The Kier molecular flexibility index (Phi) is 11.0. The zero-order valence-corrected chi connectivity index (χ0v) is 12.9. The summed E-state index contributed by atoms with van der Waals surface area (Å²) in [7, 11) is 0. The standard InChI is InChI=1S/C16H35N/c1-6-11-12-14(7-2)13-16(17-10-5)15(8-3)9-4/h14-17H,6-13H2,1-5H3. The van der Waals surface area contributed by atoms with E-state index in [9.17, 15) is 0 Å². The van der Waals surface area contributed by atoms with E-state index in [1.165, 1.54) is 44.9 Å². The minimum Gasteiger partial charge on any atom is -0.314 e. The zero-order valence-electron chi connectivity index (χ0n) is 12.9. The molecule has 1 nitrogen and oxygen atoms in total. The number of rotatable bonds is 11. The topological polar surface area (TPSA) is 12.0 Å². The molecule has 17 heavy (non-hydrogen) atoms. The van der Waals surface area contributed by atoms with Crippen LogP contribution in [-0.4, -0.2) is 12.6 Å². The van der Waals surface area contributed by atoms with Crippen molar-refractivity contribution in [3.05, 3.63) is 0 Å². The Balaban J connectivity index is 4.27. The van der Waals surface area contributed by atoms with Gasteiger partial charge in [0.15, 0.2) is 0 Å². The largest absolute Gasteiger partial charge is 0.314 e.